The fourth-order valence-corrected chi connectivity index (χ4v) is 0.387. The van der Waals surface area contributed by atoms with E-state index in [1.807, 2.05) is 25.2 Å². The smallest absolute Gasteiger partial charge is 0.0282 e. The van der Waals surface area contributed by atoms with E-state index in [1.165, 1.54) is 0 Å². The normalized spacial score (nSPS) is 9.20. The topological polar surface area (TPSA) is 0 Å². The molecule has 0 unspecified atom stereocenters. The minimum absolute atomic E-state index is 0.731. The van der Waals surface area contributed by atoms with Crippen molar-refractivity contribution in [2.45, 2.75) is 13.3 Å². The number of terminal acetylenes is 1. The van der Waals surface area contributed by atoms with E-state index in [2.05, 4.69) is 17.8 Å². The molecule has 50 valence electrons. The molecule has 0 spiro atoms. The first kappa shape index (κ1) is 8.60. The molecular formula is C10H10. The highest BCUT2D eigenvalue weighted by Gasteiger charge is 1.63. The zero-order chi connectivity index (χ0) is 7.66. The summed E-state index contributed by atoms with van der Waals surface area (Å²) in [5.74, 6) is 8.14. The van der Waals surface area contributed by atoms with Crippen LogP contribution in [0, 0.1) is 24.2 Å². The van der Waals surface area contributed by atoms with Crippen LogP contribution in [0.25, 0.3) is 0 Å². The lowest BCUT2D eigenvalue weighted by atomic mass is 10.3. The van der Waals surface area contributed by atoms with E-state index < -0.39 is 0 Å². The maximum atomic E-state index is 4.97. The lowest BCUT2D eigenvalue weighted by Crippen LogP contribution is -1.56. The zero-order valence-electron chi connectivity index (χ0n) is 6.09. The second-order valence-electron chi connectivity index (χ2n) is 1.59. The molecule has 0 nitrogen and oxygen atoms in total. The highest BCUT2D eigenvalue weighted by atomic mass is 13.7. The van der Waals surface area contributed by atoms with Crippen LogP contribution in [-0.2, 0) is 0 Å². The third-order valence-corrected chi connectivity index (χ3v) is 0.786. The molecule has 0 aliphatic carbocycles. The van der Waals surface area contributed by atoms with Gasteiger partial charge < -0.3 is 0 Å². The van der Waals surface area contributed by atoms with Gasteiger partial charge in [0.2, 0.25) is 0 Å². The Bertz CT molecular complexity index is 213. The van der Waals surface area contributed by atoms with Gasteiger partial charge in [-0.1, -0.05) is 29.9 Å². The molecule has 0 saturated heterocycles. The molecule has 0 radical (unpaired) electrons. The average Bonchev–Trinajstić information content (AvgIpc) is 1.97. The fraction of sp³-hybridized carbons (Fsp3) is 0.200. The van der Waals surface area contributed by atoms with Crippen molar-refractivity contribution < 1.29 is 0 Å². The Morgan fingerprint density at radius 2 is 2.20 bits per heavy atom. The molecule has 0 N–H and O–H groups in total. The molecule has 0 atom stereocenters. The summed E-state index contributed by atoms with van der Waals surface area (Å²) in [6.45, 7) is 1.94. The third-order valence-electron chi connectivity index (χ3n) is 0.786. The summed E-state index contributed by atoms with van der Waals surface area (Å²) in [4.78, 5) is 0. The Morgan fingerprint density at radius 3 is 2.80 bits per heavy atom. The lowest BCUT2D eigenvalue weighted by Gasteiger charge is -1.70. The van der Waals surface area contributed by atoms with Crippen molar-refractivity contribution in [3.05, 3.63) is 24.3 Å². The lowest BCUT2D eigenvalue weighted by molar-refractivity contribution is 1.47. The van der Waals surface area contributed by atoms with Crippen molar-refractivity contribution in [2.75, 3.05) is 0 Å². The molecule has 0 rings (SSSR count). The largest absolute Gasteiger partial charge is 0.115 e. The van der Waals surface area contributed by atoms with Gasteiger partial charge in [-0.05, 0) is 19.1 Å². The van der Waals surface area contributed by atoms with Crippen LogP contribution in [0.5, 0.6) is 0 Å². The predicted octanol–water partition coefficient (Wildman–Crippen LogP) is 2.15. The van der Waals surface area contributed by atoms with E-state index in [0.717, 1.165) is 6.42 Å². The number of allylic oxidation sites excluding steroid dienone is 4. The van der Waals surface area contributed by atoms with E-state index >= 15 is 0 Å². The molecule has 0 saturated carbocycles. The highest BCUT2D eigenvalue weighted by molar-refractivity contribution is 5.18. The Balaban J connectivity index is 3.49. The quantitative estimate of drug-likeness (QED) is 0.477. The summed E-state index contributed by atoms with van der Waals surface area (Å²) >= 11 is 0. The summed E-state index contributed by atoms with van der Waals surface area (Å²) < 4.78 is 0. The van der Waals surface area contributed by atoms with Gasteiger partial charge in [-0.25, -0.2) is 0 Å². The first-order valence-electron chi connectivity index (χ1n) is 3.12. The van der Waals surface area contributed by atoms with Crippen LogP contribution >= 0.6 is 0 Å². The molecular weight excluding hydrogens is 120 g/mol. The molecule has 0 heteroatoms. The molecule has 0 heterocycles. The van der Waals surface area contributed by atoms with Crippen molar-refractivity contribution in [3.8, 4) is 24.2 Å². The molecule has 0 aromatic rings. The van der Waals surface area contributed by atoms with Crippen LogP contribution in [0.2, 0.25) is 0 Å². The van der Waals surface area contributed by atoms with Gasteiger partial charge in [-0.3, -0.25) is 0 Å². The number of hydrogen-bond donors (Lipinski definition) is 0. The Kier molecular flexibility index (Phi) is 6.54. The average molecular weight is 130 g/mol. The highest BCUT2D eigenvalue weighted by Crippen LogP contribution is 1.78. The van der Waals surface area contributed by atoms with Crippen LogP contribution in [0.1, 0.15) is 13.3 Å². The van der Waals surface area contributed by atoms with Crippen LogP contribution in [0.3, 0.4) is 0 Å². The Morgan fingerprint density at radius 1 is 1.40 bits per heavy atom. The van der Waals surface area contributed by atoms with Gasteiger partial charge in [-0.15, -0.1) is 6.42 Å². The summed E-state index contributed by atoms with van der Waals surface area (Å²) in [6.07, 6.45) is 12.9. The maximum Gasteiger partial charge on any atom is 0.0282 e. The molecule has 0 aliphatic rings. The van der Waals surface area contributed by atoms with Crippen molar-refractivity contribution in [2.24, 2.45) is 0 Å². The maximum absolute atomic E-state index is 4.97. The standard InChI is InChI=1S/C10H10/c1-3-5-7-9-10-8-6-4-2/h1,4-7H,9H2,2H3. The Labute approximate surface area is 62.6 Å². The van der Waals surface area contributed by atoms with Crippen molar-refractivity contribution in [1.82, 2.24) is 0 Å². The van der Waals surface area contributed by atoms with Gasteiger partial charge >= 0.3 is 0 Å². The summed E-state index contributed by atoms with van der Waals surface area (Å²) in [5, 5.41) is 0. The van der Waals surface area contributed by atoms with Gasteiger partial charge in [0.25, 0.3) is 0 Å². The molecule has 0 aliphatic heterocycles. The summed E-state index contributed by atoms with van der Waals surface area (Å²) in [7, 11) is 0. The first-order valence-corrected chi connectivity index (χ1v) is 3.12. The van der Waals surface area contributed by atoms with E-state index in [9.17, 15) is 0 Å². The second-order valence-corrected chi connectivity index (χ2v) is 1.59. The molecule has 0 amide bonds. The van der Waals surface area contributed by atoms with Crippen molar-refractivity contribution in [3.63, 3.8) is 0 Å². The van der Waals surface area contributed by atoms with Crippen LogP contribution in [0.4, 0.5) is 0 Å². The minimum atomic E-state index is 0.731. The van der Waals surface area contributed by atoms with E-state index in [4.69, 9.17) is 6.42 Å². The molecule has 0 aromatic heterocycles. The van der Waals surface area contributed by atoms with Crippen LogP contribution in [0.15, 0.2) is 24.3 Å². The minimum Gasteiger partial charge on any atom is -0.115 e. The number of hydrogen-bond acceptors (Lipinski definition) is 0. The SMILES string of the molecule is C#CC=CCC#CC=CC. The summed E-state index contributed by atoms with van der Waals surface area (Å²) in [6, 6.07) is 0. The van der Waals surface area contributed by atoms with Gasteiger partial charge in [-0.2, -0.15) is 0 Å². The zero-order valence-corrected chi connectivity index (χ0v) is 6.09. The van der Waals surface area contributed by atoms with Gasteiger partial charge in [0, 0.05) is 6.42 Å². The monoisotopic (exact) mass is 130 g/mol. The number of rotatable bonds is 1. The second kappa shape index (κ2) is 7.60. The molecule has 0 bridgehead atoms. The van der Waals surface area contributed by atoms with Gasteiger partial charge in [0.15, 0.2) is 0 Å². The van der Waals surface area contributed by atoms with E-state index in [1.54, 1.807) is 6.08 Å². The van der Waals surface area contributed by atoms with Gasteiger partial charge in [0.05, 0.1) is 0 Å². The predicted molar refractivity (Wildman–Crippen MR) is 45.2 cm³/mol. The van der Waals surface area contributed by atoms with Crippen molar-refractivity contribution >= 4 is 0 Å². The van der Waals surface area contributed by atoms with E-state index in [0.29, 0.717) is 0 Å². The third kappa shape index (κ3) is 6.60. The fourth-order valence-electron chi connectivity index (χ4n) is 0.387. The van der Waals surface area contributed by atoms with Crippen molar-refractivity contribution in [1.29, 1.82) is 0 Å². The first-order chi connectivity index (χ1) is 4.91. The van der Waals surface area contributed by atoms with E-state index in [-0.39, 0.29) is 0 Å². The van der Waals surface area contributed by atoms with Crippen LogP contribution in [-0.4, -0.2) is 0 Å². The molecule has 10 heavy (non-hydrogen) atoms. The summed E-state index contributed by atoms with van der Waals surface area (Å²) in [5.41, 5.74) is 0. The van der Waals surface area contributed by atoms with Gasteiger partial charge in [0.1, 0.15) is 0 Å². The van der Waals surface area contributed by atoms with Crippen LogP contribution < -0.4 is 0 Å². The molecule has 0 fully saturated rings. The Hall–Kier alpha value is -1.40. The molecule has 0 aromatic carbocycles.